The predicted octanol–water partition coefficient (Wildman–Crippen LogP) is 3.71. The Labute approximate surface area is 258 Å². The topological polar surface area (TPSA) is 147 Å². The number of rotatable bonds is 7. The molecule has 45 heavy (non-hydrogen) atoms. The van der Waals surface area contributed by atoms with Crippen LogP contribution >= 0.6 is 0 Å². The number of amides is 2. The molecule has 0 unspecified atom stereocenters. The molecule has 0 spiro atoms. The predicted molar refractivity (Wildman–Crippen MR) is 164 cm³/mol. The van der Waals surface area contributed by atoms with Crippen LogP contribution in [-0.4, -0.2) is 77.8 Å². The minimum absolute atomic E-state index is 0.0947. The van der Waals surface area contributed by atoms with Gasteiger partial charge in [0, 0.05) is 62.4 Å². The number of halogens is 2. The van der Waals surface area contributed by atoms with Crippen molar-refractivity contribution >= 4 is 39.0 Å². The van der Waals surface area contributed by atoms with E-state index in [4.69, 9.17) is 0 Å². The number of nitrogens with one attached hydrogen (secondary N) is 4. The lowest BCUT2D eigenvalue weighted by Crippen LogP contribution is -2.44. The Kier molecular flexibility index (Phi) is 7.71. The lowest BCUT2D eigenvalue weighted by molar-refractivity contribution is 0.102. The van der Waals surface area contributed by atoms with Crippen molar-refractivity contribution < 1.29 is 26.8 Å². The number of sulfonamides is 1. The van der Waals surface area contributed by atoms with Crippen molar-refractivity contribution in [3.63, 3.8) is 0 Å². The van der Waals surface area contributed by atoms with E-state index in [-0.39, 0.29) is 17.9 Å². The number of fused-ring (bicyclic) bond motifs is 1. The lowest BCUT2D eigenvalue weighted by atomic mass is 10.0. The van der Waals surface area contributed by atoms with Crippen LogP contribution in [0.25, 0.3) is 0 Å². The van der Waals surface area contributed by atoms with Gasteiger partial charge in [0.15, 0.2) is 5.82 Å². The standard InChI is InChI=1S/C30H32F2N8O4S/c1-30(2)26-24(17-40(30)45(43,44)22-13-19(31)12-20(32)14-22)27(37-36-26)35-29(42)23-5-4-21(39-10-8-38(3)9-11-39)15-25(23)34-28(41)18-6-7-33-16-18/h4-7,12-16,33H,8-11,17H2,1-3H3,(H,34,41)(H2,35,36,37,42). The molecule has 236 valence electrons. The zero-order valence-electron chi connectivity index (χ0n) is 24.8. The maximum Gasteiger partial charge on any atom is 0.258 e. The maximum absolute atomic E-state index is 13.9. The Hall–Kier alpha value is -4.60. The van der Waals surface area contributed by atoms with Crippen LogP contribution in [0.2, 0.25) is 0 Å². The van der Waals surface area contributed by atoms with Gasteiger partial charge in [0.2, 0.25) is 10.0 Å². The highest BCUT2D eigenvalue weighted by Crippen LogP contribution is 2.44. The van der Waals surface area contributed by atoms with Gasteiger partial charge >= 0.3 is 0 Å². The summed E-state index contributed by atoms with van der Waals surface area (Å²) >= 11 is 0. The molecule has 2 aliphatic rings. The molecule has 0 bridgehead atoms. The van der Waals surface area contributed by atoms with Crippen molar-refractivity contribution in [2.75, 3.05) is 48.8 Å². The molecule has 0 atom stereocenters. The molecule has 0 saturated carbocycles. The summed E-state index contributed by atoms with van der Waals surface area (Å²) in [6.07, 6.45) is 3.17. The number of hydrogen-bond donors (Lipinski definition) is 4. The number of hydrogen-bond acceptors (Lipinski definition) is 7. The summed E-state index contributed by atoms with van der Waals surface area (Å²) in [5, 5.41) is 12.7. The van der Waals surface area contributed by atoms with E-state index in [2.05, 4.69) is 42.7 Å². The summed E-state index contributed by atoms with van der Waals surface area (Å²) < 4.78 is 56.0. The zero-order valence-corrected chi connectivity index (χ0v) is 25.6. The monoisotopic (exact) mass is 638 g/mol. The molecule has 15 heteroatoms. The first-order valence-corrected chi connectivity index (χ1v) is 15.7. The van der Waals surface area contributed by atoms with Gasteiger partial charge in [-0.05, 0) is 57.3 Å². The number of H-pyrrole nitrogens is 2. The number of anilines is 3. The summed E-state index contributed by atoms with van der Waals surface area (Å²) in [5.74, 6) is -2.92. The van der Waals surface area contributed by atoms with Gasteiger partial charge in [0.25, 0.3) is 11.8 Å². The largest absolute Gasteiger partial charge is 0.369 e. The number of piperazine rings is 1. The van der Waals surface area contributed by atoms with Crippen LogP contribution < -0.4 is 15.5 Å². The van der Waals surface area contributed by atoms with Crippen LogP contribution in [0.15, 0.2) is 59.8 Å². The van der Waals surface area contributed by atoms with E-state index in [1.807, 2.05) is 6.07 Å². The minimum Gasteiger partial charge on any atom is -0.369 e. The van der Waals surface area contributed by atoms with E-state index >= 15 is 0 Å². The smallest absolute Gasteiger partial charge is 0.258 e. The highest BCUT2D eigenvalue weighted by Gasteiger charge is 2.48. The quantitative estimate of drug-likeness (QED) is 0.241. The number of aromatic amines is 2. The van der Waals surface area contributed by atoms with Gasteiger partial charge in [-0.1, -0.05) is 0 Å². The van der Waals surface area contributed by atoms with Gasteiger partial charge < -0.3 is 25.4 Å². The molecule has 4 heterocycles. The molecule has 4 N–H and O–H groups in total. The summed E-state index contributed by atoms with van der Waals surface area (Å²) in [6, 6.07) is 8.94. The van der Waals surface area contributed by atoms with Gasteiger partial charge in [-0.3, -0.25) is 14.7 Å². The van der Waals surface area contributed by atoms with Crippen molar-refractivity contribution in [1.82, 2.24) is 24.4 Å². The first kappa shape index (κ1) is 30.4. The number of nitrogens with zero attached hydrogens (tertiary/aromatic N) is 4. The second kappa shape index (κ2) is 11.4. The van der Waals surface area contributed by atoms with Crippen LogP contribution in [0.4, 0.5) is 26.0 Å². The number of carbonyl (C=O) groups is 2. The van der Waals surface area contributed by atoms with Crippen LogP contribution in [0.5, 0.6) is 0 Å². The first-order chi connectivity index (χ1) is 21.3. The molecule has 4 aromatic rings. The molecule has 2 aromatic carbocycles. The van der Waals surface area contributed by atoms with Gasteiger partial charge in [-0.15, -0.1) is 0 Å². The van der Waals surface area contributed by atoms with Gasteiger partial charge in [0.05, 0.1) is 32.9 Å². The highest BCUT2D eigenvalue weighted by atomic mass is 32.2. The summed E-state index contributed by atoms with van der Waals surface area (Å²) in [5.41, 5.74) is 1.34. The average molecular weight is 639 g/mol. The van der Waals surface area contributed by atoms with E-state index in [9.17, 15) is 26.8 Å². The van der Waals surface area contributed by atoms with Crippen molar-refractivity contribution in [1.29, 1.82) is 0 Å². The lowest BCUT2D eigenvalue weighted by Gasteiger charge is -2.34. The molecule has 2 amide bonds. The molecular formula is C30H32F2N8O4S. The molecular weight excluding hydrogens is 606 g/mol. The van der Waals surface area contributed by atoms with Gasteiger partial charge in [-0.25, -0.2) is 17.2 Å². The summed E-state index contributed by atoms with van der Waals surface area (Å²) in [4.78, 5) is 33.4. The van der Waals surface area contributed by atoms with Gasteiger partial charge in [0.1, 0.15) is 11.6 Å². The van der Waals surface area contributed by atoms with E-state index in [0.717, 1.165) is 48.3 Å². The molecule has 1 saturated heterocycles. The summed E-state index contributed by atoms with van der Waals surface area (Å²) in [7, 11) is -2.30. The normalized spacial score (nSPS) is 16.9. The van der Waals surface area contributed by atoms with Crippen LogP contribution in [0.3, 0.4) is 0 Å². The fraction of sp³-hybridized carbons (Fsp3) is 0.300. The third-order valence-electron chi connectivity index (χ3n) is 8.28. The number of benzene rings is 2. The molecule has 2 aromatic heterocycles. The Bertz CT molecular complexity index is 1860. The summed E-state index contributed by atoms with van der Waals surface area (Å²) in [6.45, 7) is 6.34. The second-order valence-electron chi connectivity index (χ2n) is 11.6. The maximum atomic E-state index is 13.9. The molecule has 2 aliphatic heterocycles. The zero-order chi connectivity index (χ0) is 32.1. The molecule has 0 radical (unpaired) electrons. The molecule has 6 rings (SSSR count). The first-order valence-electron chi connectivity index (χ1n) is 14.2. The Morgan fingerprint density at radius 1 is 0.956 bits per heavy atom. The Balaban J connectivity index is 1.29. The van der Waals surface area contributed by atoms with E-state index < -0.39 is 43.9 Å². The van der Waals surface area contributed by atoms with Gasteiger partial charge in [-0.2, -0.15) is 9.40 Å². The molecule has 0 aliphatic carbocycles. The van der Waals surface area contributed by atoms with Crippen molar-refractivity contribution in [3.05, 3.63) is 88.9 Å². The van der Waals surface area contributed by atoms with Crippen LogP contribution in [0.1, 0.15) is 45.8 Å². The van der Waals surface area contributed by atoms with E-state index in [0.29, 0.717) is 28.6 Å². The third-order valence-corrected chi connectivity index (χ3v) is 10.3. The number of carbonyl (C=O) groups excluding carboxylic acids is 2. The van der Waals surface area contributed by atoms with Crippen LogP contribution in [-0.2, 0) is 22.1 Å². The van der Waals surface area contributed by atoms with Crippen molar-refractivity contribution in [3.8, 4) is 0 Å². The average Bonchev–Trinajstić information content (AvgIpc) is 3.72. The highest BCUT2D eigenvalue weighted by molar-refractivity contribution is 7.89. The van der Waals surface area contributed by atoms with E-state index in [1.54, 1.807) is 44.4 Å². The van der Waals surface area contributed by atoms with Crippen molar-refractivity contribution in [2.24, 2.45) is 0 Å². The third kappa shape index (κ3) is 5.69. The fourth-order valence-electron chi connectivity index (χ4n) is 5.71. The minimum atomic E-state index is -4.35. The number of aromatic nitrogens is 3. The van der Waals surface area contributed by atoms with Crippen molar-refractivity contribution in [2.45, 2.75) is 30.8 Å². The number of likely N-dealkylation sites (N-methyl/N-ethyl adjacent to an activating group) is 1. The fourth-order valence-corrected chi connectivity index (χ4v) is 7.48. The molecule has 12 nitrogen and oxygen atoms in total. The Morgan fingerprint density at radius 2 is 1.67 bits per heavy atom. The van der Waals surface area contributed by atoms with E-state index in [1.165, 1.54) is 0 Å². The Morgan fingerprint density at radius 3 is 2.33 bits per heavy atom. The SMILES string of the molecule is CN1CCN(c2ccc(C(=O)Nc3n[nH]c4c3CN(S(=O)(=O)c3cc(F)cc(F)c3)C4(C)C)c(NC(=O)c3cc[nH]c3)c2)CC1. The van der Waals surface area contributed by atoms with Crippen LogP contribution in [0, 0.1) is 11.6 Å². The molecule has 1 fully saturated rings. The second-order valence-corrected chi connectivity index (χ2v) is 13.5.